The zero-order valence-electron chi connectivity index (χ0n) is 16.0. The molecular weight excluding hydrogens is 362 g/mol. The first-order valence-electron chi connectivity index (χ1n) is 8.70. The molecule has 0 saturated heterocycles. The number of ether oxygens (including phenoxy) is 2. The van der Waals surface area contributed by atoms with Gasteiger partial charge in [-0.25, -0.2) is 4.79 Å². The predicted octanol–water partition coefficient (Wildman–Crippen LogP) is 3.29. The van der Waals surface area contributed by atoms with Gasteiger partial charge in [0.05, 0.1) is 6.42 Å². The van der Waals surface area contributed by atoms with Gasteiger partial charge in [-0.15, -0.1) is 0 Å². The van der Waals surface area contributed by atoms with Crippen molar-refractivity contribution in [2.24, 2.45) is 0 Å². The second-order valence-corrected chi connectivity index (χ2v) is 7.08. The summed E-state index contributed by atoms with van der Waals surface area (Å²) in [6.45, 7) is 4.87. The second kappa shape index (κ2) is 9.03. The van der Waals surface area contributed by atoms with Gasteiger partial charge < -0.3 is 19.9 Å². The molecule has 2 N–H and O–H groups in total. The van der Waals surface area contributed by atoms with Gasteiger partial charge in [-0.05, 0) is 50.6 Å². The van der Waals surface area contributed by atoms with Crippen molar-refractivity contribution in [3.8, 4) is 5.75 Å². The number of para-hydroxylation sites is 1. The Morgan fingerprint density at radius 2 is 1.75 bits per heavy atom. The lowest BCUT2D eigenvalue weighted by atomic mass is 10.1. The van der Waals surface area contributed by atoms with Gasteiger partial charge >= 0.3 is 11.9 Å². The van der Waals surface area contributed by atoms with Crippen LogP contribution < -0.4 is 10.1 Å². The van der Waals surface area contributed by atoms with Crippen molar-refractivity contribution < 1.29 is 29.0 Å². The standard InChI is InChI=1S/C21H23NO6/c1-21(2,3)28-19(25)12-14-7-4-5-10-17(14)22-20(26)15-8-6-9-16(11-15)27-13-18(23)24/h4-11H,12-13H2,1-3H3,(H,22,26)(H,23,24). The lowest BCUT2D eigenvalue weighted by molar-refractivity contribution is -0.154. The maximum Gasteiger partial charge on any atom is 0.341 e. The van der Waals surface area contributed by atoms with Gasteiger partial charge in [0.15, 0.2) is 6.61 Å². The molecule has 0 aliphatic heterocycles. The number of hydrogen-bond donors (Lipinski definition) is 2. The van der Waals surface area contributed by atoms with Crippen LogP contribution in [0.5, 0.6) is 5.75 Å². The number of esters is 1. The molecule has 0 heterocycles. The summed E-state index contributed by atoms with van der Waals surface area (Å²) >= 11 is 0. The highest BCUT2D eigenvalue weighted by molar-refractivity contribution is 6.05. The van der Waals surface area contributed by atoms with Crippen LogP contribution in [0.3, 0.4) is 0 Å². The van der Waals surface area contributed by atoms with Crippen molar-refractivity contribution >= 4 is 23.5 Å². The van der Waals surface area contributed by atoms with E-state index in [1.54, 1.807) is 63.2 Å². The predicted molar refractivity (Wildman–Crippen MR) is 104 cm³/mol. The number of hydrogen-bond acceptors (Lipinski definition) is 5. The molecule has 1 amide bonds. The molecule has 7 nitrogen and oxygen atoms in total. The van der Waals surface area contributed by atoms with Crippen molar-refractivity contribution in [2.75, 3.05) is 11.9 Å². The molecule has 0 saturated carbocycles. The largest absolute Gasteiger partial charge is 0.482 e. The van der Waals surface area contributed by atoms with Gasteiger partial charge in [-0.1, -0.05) is 24.3 Å². The number of aliphatic carboxylic acids is 1. The molecule has 2 rings (SSSR count). The van der Waals surface area contributed by atoms with Crippen molar-refractivity contribution in [1.29, 1.82) is 0 Å². The van der Waals surface area contributed by atoms with Crippen LogP contribution in [-0.2, 0) is 20.7 Å². The number of carbonyl (C=O) groups excluding carboxylic acids is 2. The molecule has 7 heteroatoms. The summed E-state index contributed by atoms with van der Waals surface area (Å²) in [4.78, 5) is 35.3. The fraction of sp³-hybridized carbons (Fsp3) is 0.286. The van der Waals surface area contributed by atoms with Crippen LogP contribution in [0.4, 0.5) is 5.69 Å². The Labute approximate surface area is 163 Å². The quantitative estimate of drug-likeness (QED) is 0.709. The maximum absolute atomic E-state index is 12.6. The third kappa shape index (κ3) is 6.75. The first kappa shape index (κ1) is 21.0. The molecular formula is C21H23NO6. The molecule has 0 bridgehead atoms. The Bertz CT molecular complexity index is 869. The summed E-state index contributed by atoms with van der Waals surface area (Å²) < 4.78 is 10.4. The SMILES string of the molecule is CC(C)(C)OC(=O)Cc1ccccc1NC(=O)c1cccc(OCC(=O)O)c1. The number of carboxylic acid groups (broad SMARTS) is 1. The van der Waals surface area contributed by atoms with E-state index in [1.807, 2.05) is 0 Å². The van der Waals surface area contributed by atoms with Crippen molar-refractivity contribution in [1.82, 2.24) is 0 Å². The summed E-state index contributed by atoms with van der Waals surface area (Å²) in [5.41, 5.74) is 0.833. The zero-order chi connectivity index (χ0) is 20.7. The number of rotatable bonds is 7. The van der Waals surface area contributed by atoms with Crippen LogP contribution >= 0.6 is 0 Å². The lowest BCUT2D eigenvalue weighted by Crippen LogP contribution is -2.25. The fourth-order valence-electron chi connectivity index (χ4n) is 2.40. The number of carboxylic acids is 1. The number of amides is 1. The Morgan fingerprint density at radius 1 is 1.04 bits per heavy atom. The highest BCUT2D eigenvalue weighted by atomic mass is 16.6. The monoisotopic (exact) mass is 385 g/mol. The summed E-state index contributed by atoms with van der Waals surface area (Å²) in [6, 6.07) is 13.2. The third-order valence-corrected chi connectivity index (χ3v) is 3.48. The molecule has 2 aromatic carbocycles. The van der Waals surface area contributed by atoms with Crippen molar-refractivity contribution in [3.05, 3.63) is 59.7 Å². The average molecular weight is 385 g/mol. The Hall–Kier alpha value is -3.35. The summed E-state index contributed by atoms with van der Waals surface area (Å²) in [6.07, 6.45) is 0.0233. The molecule has 2 aromatic rings. The van der Waals surface area contributed by atoms with E-state index in [-0.39, 0.29) is 12.2 Å². The number of anilines is 1. The van der Waals surface area contributed by atoms with E-state index in [1.165, 1.54) is 6.07 Å². The van der Waals surface area contributed by atoms with Crippen LogP contribution in [0.1, 0.15) is 36.7 Å². The average Bonchev–Trinajstić information content (AvgIpc) is 2.60. The van der Waals surface area contributed by atoms with E-state index >= 15 is 0 Å². The number of carbonyl (C=O) groups is 3. The normalized spacial score (nSPS) is 10.8. The minimum Gasteiger partial charge on any atom is -0.482 e. The molecule has 0 fully saturated rings. The molecule has 0 aliphatic rings. The second-order valence-electron chi connectivity index (χ2n) is 7.08. The minimum absolute atomic E-state index is 0.0233. The van der Waals surface area contributed by atoms with E-state index in [4.69, 9.17) is 14.6 Å². The van der Waals surface area contributed by atoms with Gasteiger partial charge in [0.25, 0.3) is 5.91 Å². The van der Waals surface area contributed by atoms with Crippen molar-refractivity contribution in [2.45, 2.75) is 32.8 Å². The third-order valence-electron chi connectivity index (χ3n) is 3.48. The van der Waals surface area contributed by atoms with Crippen LogP contribution in [-0.4, -0.2) is 35.2 Å². The van der Waals surface area contributed by atoms with Crippen LogP contribution in [0, 0.1) is 0 Å². The highest BCUT2D eigenvalue weighted by Gasteiger charge is 2.18. The smallest absolute Gasteiger partial charge is 0.341 e. The molecule has 0 spiro atoms. The molecule has 0 aliphatic carbocycles. The summed E-state index contributed by atoms with van der Waals surface area (Å²) in [7, 11) is 0. The Kier molecular flexibility index (Phi) is 6.76. The van der Waals surface area contributed by atoms with E-state index in [2.05, 4.69) is 5.32 Å². The van der Waals surface area contributed by atoms with Gasteiger partial charge in [0.2, 0.25) is 0 Å². The van der Waals surface area contributed by atoms with Gasteiger partial charge in [-0.2, -0.15) is 0 Å². The van der Waals surface area contributed by atoms with Crippen LogP contribution in [0.15, 0.2) is 48.5 Å². The Morgan fingerprint density at radius 3 is 2.43 bits per heavy atom. The molecule has 148 valence electrons. The first-order chi connectivity index (χ1) is 13.1. The van der Waals surface area contributed by atoms with E-state index in [0.717, 1.165) is 0 Å². The topological polar surface area (TPSA) is 102 Å². The summed E-state index contributed by atoms with van der Waals surface area (Å²) in [5.74, 6) is -1.63. The van der Waals surface area contributed by atoms with Gasteiger partial charge in [0, 0.05) is 11.3 Å². The molecule has 0 atom stereocenters. The molecule has 0 aromatic heterocycles. The van der Waals surface area contributed by atoms with E-state index in [0.29, 0.717) is 16.8 Å². The maximum atomic E-state index is 12.6. The molecule has 0 unspecified atom stereocenters. The fourth-order valence-corrected chi connectivity index (χ4v) is 2.40. The van der Waals surface area contributed by atoms with Gasteiger partial charge in [-0.3, -0.25) is 9.59 Å². The van der Waals surface area contributed by atoms with Gasteiger partial charge in [0.1, 0.15) is 11.4 Å². The van der Waals surface area contributed by atoms with E-state index < -0.39 is 30.1 Å². The minimum atomic E-state index is -1.11. The number of benzene rings is 2. The first-order valence-corrected chi connectivity index (χ1v) is 8.70. The number of nitrogens with one attached hydrogen (secondary N) is 1. The van der Waals surface area contributed by atoms with E-state index in [9.17, 15) is 14.4 Å². The molecule has 0 radical (unpaired) electrons. The van der Waals surface area contributed by atoms with Crippen molar-refractivity contribution in [3.63, 3.8) is 0 Å². The highest BCUT2D eigenvalue weighted by Crippen LogP contribution is 2.20. The lowest BCUT2D eigenvalue weighted by Gasteiger charge is -2.20. The summed E-state index contributed by atoms with van der Waals surface area (Å²) in [5, 5.41) is 11.4. The van der Waals surface area contributed by atoms with Crippen LogP contribution in [0.25, 0.3) is 0 Å². The molecule has 28 heavy (non-hydrogen) atoms. The van der Waals surface area contributed by atoms with Crippen LogP contribution in [0.2, 0.25) is 0 Å². The Balaban J connectivity index is 2.11. The zero-order valence-corrected chi connectivity index (χ0v) is 16.0.